The molecule has 0 radical (unpaired) electrons. The van der Waals surface area contributed by atoms with Gasteiger partial charge in [0.2, 0.25) is 5.95 Å². The third kappa shape index (κ3) is 7.04. The van der Waals surface area contributed by atoms with E-state index in [0.29, 0.717) is 11.7 Å². The Morgan fingerprint density at radius 2 is 2.08 bits per heavy atom. The van der Waals surface area contributed by atoms with Crippen molar-refractivity contribution in [2.75, 3.05) is 0 Å². The van der Waals surface area contributed by atoms with Gasteiger partial charge in [0.05, 0.1) is 29.7 Å². The van der Waals surface area contributed by atoms with Crippen LogP contribution in [0.25, 0.3) is 16.3 Å². The minimum absolute atomic E-state index is 0.0285. The van der Waals surface area contributed by atoms with E-state index in [0.717, 1.165) is 49.8 Å². The summed E-state index contributed by atoms with van der Waals surface area (Å²) in [4.78, 5) is 25.6. The summed E-state index contributed by atoms with van der Waals surface area (Å²) in [5, 5.41) is 9.10. The summed E-state index contributed by atoms with van der Waals surface area (Å²) in [6.07, 6.45) is 9.99. The molecule has 1 amide bonds. The van der Waals surface area contributed by atoms with Crippen molar-refractivity contribution in [3.63, 3.8) is 0 Å². The van der Waals surface area contributed by atoms with Crippen LogP contribution in [0.4, 0.5) is 8.78 Å². The van der Waals surface area contributed by atoms with Crippen molar-refractivity contribution in [1.29, 1.82) is 0 Å². The highest BCUT2D eigenvalue weighted by molar-refractivity contribution is 7.13. The molecule has 3 heterocycles. The molecule has 3 aromatic heterocycles. The number of carbonyl (C=O) groups excluding carboxylic acids is 1. The van der Waals surface area contributed by atoms with Crippen molar-refractivity contribution in [2.45, 2.75) is 64.8 Å². The molecule has 1 saturated carbocycles. The number of nitrogens with one attached hydrogen (secondary N) is 1. The lowest BCUT2D eigenvalue weighted by atomic mass is 9.96. The van der Waals surface area contributed by atoms with Gasteiger partial charge in [-0.05, 0) is 38.8 Å². The monoisotopic (exact) mass is 529 g/mol. The number of carbonyl (C=O) groups is 1. The second-order valence-electron chi connectivity index (χ2n) is 8.97. The second-order valence-corrected chi connectivity index (χ2v) is 9.82. The van der Waals surface area contributed by atoms with Crippen LogP contribution < -0.4 is 11.1 Å². The van der Waals surface area contributed by atoms with Gasteiger partial charge in [-0.2, -0.15) is 9.49 Å². The number of halogens is 2. The number of pyridine rings is 1. The van der Waals surface area contributed by atoms with E-state index in [-0.39, 0.29) is 29.2 Å². The molecule has 0 saturated heterocycles. The maximum absolute atomic E-state index is 14.4. The number of aliphatic imine (C=N–C) groups is 1. The highest BCUT2D eigenvalue weighted by Gasteiger charge is 2.19. The Morgan fingerprint density at radius 1 is 1.30 bits per heavy atom. The molecule has 0 aliphatic heterocycles. The molecule has 196 valence electrons. The van der Waals surface area contributed by atoms with Crippen LogP contribution in [0.3, 0.4) is 0 Å². The van der Waals surface area contributed by atoms with Gasteiger partial charge in [-0.3, -0.25) is 9.79 Å². The fraction of sp³-hybridized carbons (Fsp3) is 0.400. The first-order valence-electron chi connectivity index (χ1n) is 12.1. The molecule has 0 unspecified atom stereocenters. The maximum Gasteiger partial charge on any atom is 0.275 e. The van der Waals surface area contributed by atoms with E-state index < -0.39 is 23.4 Å². The maximum atomic E-state index is 14.4. The van der Waals surface area contributed by atoms with E-state index in [2.05, 4.69) is 25.4 Å². The predicted octanol–water partition coefficient (Wildman–Crippen LogP) is 4.52. The van der Waals surface area contributed by atoms with Crippen LogP contribution in [0, 0.1) is 11.8 Å². The third-order valence-electron chi connectivity index (χ3n) is 5.75. The molecule has 0 bridgehead atoms. The van der Waals surface area contributed by atoms with E-state index in [9.17, 15) is 13.6 Å². The molecule has 3 aromatic rings. The number of ether oxygens (including phenoxy) is 1. The molecule has 9 nitrogen and oxygen atoms in total. The zero-order valence-electron chi connectivity index (χ0n) is 20.7. The summed E-state index contributed by atoms with van der Waals surface area (Å²) in [5.41, 5.74) is 6.43. The van der Waals surface area contributed by atoms with Crippen LogP contribution in [0.5, 0.6) is 0 Å². The molecule has 4 rings (SSSR count). The van der Waals surface area contributed by atoms with E-state index in [1.54, 1.807) is 22.5 Å². The first-order chi connectivity index (χ1) is 17.8. The molecule has 0 spiro atoms. The summed E-state index contributed by atoms with van der Waals surface area (Å²) in [5.74, 6) is -2.27. The van der Waals surface area contributed by atoms with E-state index in [4.69, 9.17) is 10.5 Å². The van der Waals surface area contributed by atoms with E-state index in [1.165, 1.54) is 17.6 Å². The van der Waals surface area contributed by atoms with Crippen LogP contribution in [0.15, 0.2) is 40.6 Å². The summed E-state index contributed by atoms with van der Waals surface area (Å²) < 4.78 is 35.3. The molecule has 1 aliphatic carbocycles. The number of amides is 1. The average Bonchev–Trinajstić information content (AvgIpc) is 3.57. The highest BCUT2D eigenvalue weighted by atomic mass is 32.1. The third-order valence-corrected chi connectivity index (χ3v) is 6.64. The minimum Gasteiger partial charge on any atom is -0.395 e. The lowest BCUT2D eigenvalue weighted by molar-refractivity contribution is 0.0221. The Morgan fingerprint density at radius 3 is 2.84 bits per heavy atom. The quantitative estimate of drug-likeness (QED) is 0.311. The van der Waals surface area contributed by atoms with Gasteiger partial charge in [0.15, 0.2) is 5.82 Å². The molecular weight excluding hydrogens is 500 g/mol. The van der Waals surface area contributed by atoms with Crippen molar-refractivity contribution >= 4 is 29.2 Å². The number of allylic oxidation sites excluding steroid dienone is 1. The summed E-state index contributed by atoms with van der Waals surface area (Å²) in [6.45, 7) is 4.17. The van der Waals surface area contributed by atoms with Crippen molar-refractivity contribution in [1.82, 2.24) is 25.1 Å². The van der Waals surface area contributed by atoms with Gasteiger partial charge in [-0.15, -0.1) is 11.3 Å². The minimum atomic E-state index is -0.891. The lowest BCUT2D eigenvalue weighted by Crippen LogP contribution is -2.27. The molecular formula is C25H29F2N7O2S. The van der Waals surface area contributed by atoms with Crippen molar-refractivity contribution in [3.8, 4) is 10.6 Å². The van der Waals surface area contributed by atoms with Crippen LogP contribution in [-0.4, -0.2) is 44.0 Å². The van der Waals surface area contributed by atoms with Gasteiger partial charge >= 0.3 is 0 Å². The molecule has 1 aliphatic rings. The Hall–Kier alpha value is -3.51. The Kier molecular flexibility index (Phi) is 8.72. The predicted molar refractivity (Wildman–Crippen MR) is 138 cm³/mol. The first kappa shape index (κ1) is 26.6. The number of hydrogen-bond acceptors (Lipinski definition) is 8. The molecule has 37 heavy (non-hydrogen) atoms. The van der Waals surface area contributed by atoms with Gasteiger partial charge in [0.25, 0.3) is 5.91 Å². The topological polar surface area (TPSA) is 120 Å². The SMILES string of the molecule is CC(C)OCn1cc(-c2nc(C(=O)N/C(C=NC3CCCCC3)=C(/N)c3nc(F)ccc3F)cs2)cn1. The molecule has 3 N–H and O–H groups in total. The zero-order chi connectivity index (χ0) is 26.4. The van der Waals surface area contributed by atoms with Gasteiger partial charge in [0.1, 0.15) is 23.1 Å². The molecule has 0 aromatic carbocycles. The van der Waals surface area contributed by atoms with Crippen molar-refractivity contribution < 1.29 is 18.3 Å². The molecule has 0 atom stereocenters. The molecule has 12 heteroatoms. The summed E-state index contributed by atoms with van der Waals surface area (Å²) >= 11 is 1.27. The standard InChI is InChI=1S/C25H29F2N7O2S/c1-15(2)36-14-34-12-16(10-30-34)25-32-20(13-37-25)24(35)31-19(11-29-17-6-4-3-5-7-17)22(28)23-18(26)8-9-21(27)33-23/h8-13,15,17H,3-7,14,28H2,1-2H3,(H,31,35)/b22-19+,29-11?. The average molecular weight is 530 g/mol. The number of thiazole rings is 1. The van der Waals surface area contributed by atoms with Gasteiger partial charge in [0, 0.05) is 23.4 Å². The highest BCUT2D eigenvalue weighted by Crippen LogP contribution is 2.24. The second kappa shape index (κ2) is 12.2. The zero-order valence-corrected chi connectivity index (χ0v) is 21.5. The lowest BCUT2D eigenvalue weighted by Gasteiger charge is -2.18. The fourth-order valence-electron chi connectivity index (χ4n) is 3.78. The largest absolute Gasteiger partial charge is 0.395 e. The number of hydrogen-bond donors (Lipinski definition) is 2. The van der Waals surface area contributed by atoms with Gasteiger partial charge < -0.3 is 15.8 Å². The first-order valence-corrected chi connectivity index (χ1v) is 12.9. The molecule has 1 fully saturated rings. The Labute approximate surface area is 217 Å². The number of nitrogens with zero attached hydrogens (tertiary/aromatic N) is 5. The van der Waals surface area contributed by atoms with Crippen LogP contribution in [-0.2, 0) is 11.5 Å². The van der Waals surface area contributed by atoms with Crippen molar-refractivity contribution in [3.05, 3.63) is 58.8 Å². The Bertz CT molecular complexity index is 1300. The normalized spacial score (nSPS) is 15.4. The van der Waals surface area contributed by atoms with Crippen molar-refractivity contribution in [2.24, 2.45) is 10.7 Å². The number of aromatic nitrogens is 4. The fourth-order valence-corrected chi connectivity index (χ4v) is 4.56. The van der Waals surface area contributed by atoms with E-state index >= 15 is 0 Å². The number of nitrogens with two attached hydrogens (primary N) is 1. The van der Waals surface area contributed by atoms with E-state index in [1.807, 2.05) is 13.8 Å². The summed E-state index contributed by atoms with van der Waals surface area (Å²) in [7, 11) is 0. The smallest absolute Gasteiger partial charge is 0.275 e. The van der Waals surface area contributed by atoms with Crippen LogP contribution >= 0.6 is 11.3 Å². The summed E-state index contributed by atoms with van der Waals surface area (Å²) in [6, 6.07) is 1.90. The Balaban J connectivity index is 1.56. The van der Waals surface area contributed by atoms with Gasteiger partial charge in [-0.25, -0.2) is 19.0 Å². The van der Waals surface area contributed by atoms with Gasteiger partial charge in [-0.1, -0.05) is 19.3 Å². The van der Waals surface area contributed by atoms with Crippen LogP contribution in [0.1, 0.15) is 62.1 Å². The van der Waals surface area contributed by atoms with Crippen LogP contribution in [0.2, 0.25) is 0 Å². The number of rotatable bonds is 9.